The van der Waals surface area contributed by atoms with Gasteiger partial charge in [0.25, 0.3) is 0 Å². The molecule has 0 saturated carbocycles. The quantitative estimate of drug-likeness (QED) is 0.541. The molecule has 0 aliphatic heterocycles. The maximum atomic E-state index is 13.8. The second-order valence-electron chi connectivity index (χ2n) is 4.15. The van der Waals surface area contributed by atoms with E-state index in [1.807, 2.05) is 0 Å². The Kier molecular flexibility index (Phi) is 5.72. The lowest BCUT2D eigenvalue weighted by Crippen LogP contribution is -2.53. The number of rotatable bonds is 5. The van der Waals surface area contributed by atoms with Gasteiger partial charge in [0.1, 0.15) is 11.9 Å². The van der Waals surface area contributed by atoms with Crippen LogP contribution >= 0.6 is 11.6 Å². The number of alkyl halides is 2. The predicted octanol–water partition coefficient (Wildman–Crippen LogP) is -0.975. The lowest BCUT2D eigenvalue weighted by atomic mass is 10.1. The zero-order valence-electron chi connectivity index (χ0n) is 10.9. The number of anilines is 1. The van der Waals surface area contributed by atoms with Crippen LogP contribution in [-0.2, 0) is 0 Å². The van der Waals surface area contributed by atoms with Crippen LogP contribution in [0.25, 0.3) is 6.08 Å². The highest BCUT2D eigenvalue weighted by atomic mass is 35.5. The molecule has 5 N–H and O–H groups in total. The zero-order valence-corrected chi connectivity index (χ0v) is 11.6. The first-order chi connectivity index (χ1) is 10.2. The van der Waals surface area contributed by atoms with Crippen molar-refractivity contribution in [3.05, 3.63) is 27.8 Å². The van der Waals surface area contributed by atoms with Crippen molar-refractivity contribution >= 4 is 29.4 Å². The van der Waals surface area contributed by atoms with Crippen LogP contribution < -0.4 is 11.4 Å². The summed E-state index contributed by atoms with van der Waals surface area (Å²) in [7, 11) is 0. The van der Waals surface area contributed by atoms with E-state index in [4.69, 9.17) is 27.5 Å². The number of aliphatic hydroxyl groups excluding tert-OH is 3. The molecular weight excluding hydrogens is 328 g/mol. The minimum absolute atomic E-state index is 0.0735. The number of nitrogen functional groups attached to an aromatic ring is 1. The first-order valence-electron chi connectivity index (χ1n) is 5.72. The summed E-state index contributed by atoms with van der Waals surface area (Å²) < 4.78 is 27.5. The maximum absolute atomic E-state index is 13.8. The van der Waals surface area contributed by atoms with Gasteiger partial charge in [-0.3, -0.25) is 4.79 Å². The van der Waals surface area contributed by atoms with E-state index in [0.717, 1.165) is 11.6 Å². The summed E-state index contributed by atoms with van der Waals surface area (Å²) in [6, 6.07) is 0. The molecule has 0 unspecified atom stereocenters. The molecule has 0 aliphatic rings. The fourth-order valence-electron chi connectivity index (χ4n) is 1.45. The summed E-state index contributed by atoms with van der Waals surface area (Å²) in [5.74, 6) is -7.04. The molecule has 0 radical (unpaired) electrons. The molecule has 0 aromatic carbocycles. The van der Waals surface area contributed by atoms with Gasteiger partial charge in [0, 0.05) is 17.3 Å². The van der Waals surface area contributed by atoms with E-state index in [-0.39, 0.29) is 15.9 Å². The van der Waals surface area contributed by atoms with E-state index in [1.54, 1.807) is 0 Å². The third-order valence-electron chi connectivity index (χ3n) is 2.66. The monoisotopic (exact) mass is 339 g/mol. The maximum Gasteiger partial charge on any atom is 0.356 e. The Labute approximate surface area is 127 Å². The van der Waals surface area contributed by atoms with Crippen LogP contribution in [0.5, 0.6) is 0 Å². The van der Waals surface area contributed by atoms with Gasteiger partial charge in [0.15, 0.2) is 6.10 Å². The van der Waals surface area contributed by atoms with E-state index < -0.39 is 36.3 Å². The van der Waals surface area contributed by atoms with Crippen LogP contribution in [0, 0.1) is 0 Å². The highest BCUT2D eigenvalue weighted by Crippen LogP contribution is 2.23. The van der Waals surface area contributed by atoms with E-state index in [9.17, 15) is 23.5 Å². The van der Waals surface area contributed by atoms with Crippen LogP contribution in [0.2, 0.25) is 0 Å². The molecule has 11 heteroatoms. The summed E-state index contributed by atoms with van der Waals surface area (Å²) in [5.41, 5.74) is 4.82. The molecule has 22 heavy (non-hydrogen) atoms. The van der Waals surface area contributed by atoms with Crippen molar-refractivity contribution in [2.45, 2.75) is 18.1 Å². The summed E-state index contributed by atoms with van der Waals surface area (Å²) in [6.45, 7) is -1.21. The van der Waals surface area contributed by atoms with Crippen molar-refractivity contribution < 1.29 is 28.9 Å². The van der Waals surface area contributed by atoms with Gasteiger partial charge in [0.05, 0.1) is 6.61 Å². The highest BCUT2D eigenvalue weighted by Gasteiger charge is 2.51. The van der Waals surface area contributed by atoms with Crippen molar-refractivity contribution in [2.24, 2.45) is 0 Å². The van der Waals surface area contributed by atoms with Crippen LogP contribution in [0.4, 0.5) is 14.6 Å². The first-order valence-corrected chi connectivity index (χ1v) is 6.16. The number of nitrogens with zero attached hydrogens (tertiary/aromatic N) is 2. The number of nitrogens with two attached hydrogens (primary N) is 1. The summed E-state index contributed by atoms with van der Waals surface area (Å²) in [6.07, 6.45) is -3.43. The van der Waals surface area contributed by atoms with Gasteiger partial charge in [-0.25, -0.2) is 9.36 Å². The molecular formula is C11H12ClF2N3O5. The summed E-state index contributed by atoms with van der Waals surface area (Å²) in [4.78, 5) is 26.4. The zero-order chi connectivity index (χ0) is 17.1. The van der Waals surface area contributed by atoms with Crippen LogP contribution in [0.15, 0.2) is 16.5 Å². The normalized spacial score (nSPS) is 15.0. The minimum atomic E-state index is -4.55. The number of halogens is 3. The first kappa shape index (κ1) is 18.2. The Balaban J connectivity index is 3.33. The van der Waals surface area contributed by atoms with E-state index in [2.05, 4.69) is 4.98 Å². The third kappa shape index (κ3) is 3.47. The third-order valence-corrected chi connectivity index (χ3v) is 2.78. The van der Waals surface area contributed by atoms with Gasteiger partial charge >= 0.3 is 17.5 Å². The molecule has 0 bridgehead atoms. The number of carbonyl (C=O) groups excluding carboxylic acids is 1. The number of hydrogen-bond donors (Lipinski definition) is 4. The Morgan fingerprint density at radius 2 is 2.14 bits per heavy atom. The average molecular weight is 340 g/mol. The standard InChI is InChI=1S/C11H12ClF2N3O5/c12-2-1-5-3-17(10(22)16-8(5)15)9(21)11(13,14)7(20)6(19)4-18/h1-3,6-7,18-20H,4H2,(H2,15,16,22)/b2-1+/t6-,7-/m1/s1. The van der Waals surface area contributed by atoms with Crippen molar-refractivity contribution in [1.29, 1.82) is 0 Å². The number of carbonyl (C=O) groups is 1. The van der Waals surface area contributed by atoms with Gasteiger partial charge in [0.2, 0.25) is 0 Å². The lowest BCUT2D eigenvalue weighted by Gasteiger charge is -2.24. The molecule has 1 aromatic heterocycles. The van der Waals surface area contributed by atoms with Gasteiger partial charge in [-0.15, -0.1) is 0 Å². The second-order valence-corrected chi connectivity index (χ2v) is 4.40. The van der Waals surface area contributed by atoms with Crippen LogP contribution in [0.3, 0.4) is 0 Å². The summed E-state index contributed by atoms with van der Waals surface area (Å²) >= 11 is 5.30. The number of aromatic nitrogens is 2. The second kappa shape index (κ2) is 6.92. The van der Waals surface area contributed by atoms with Gasteiger partial charge in [-0.1, -0.05) is 11.6 Å². The van der Waals surface area contributed by atoms with Crippen molar-refractivity contribution in [1.82, 2.24) is 9.55 Å². The van der Waals surface area contributed by atoms with Gasteiger partial charge in [-0.2, -0.15) is 13.8 Å². The van der Waals surface area contributed by atoms with Crippen molar-refractivity contribution in [3.63, 3.8) is 0 Å². The van der Waals surface area contributed by atoms with E-state index in [1.165, 1.54) is 0 Å². The minimum Gasteiger partial charge on any atom is -0.394 e. The molecule has 1 aromatic rings. The Hall–Kier alpha value is -1.88. The largest absolute Gasteiger partial charge is 0.394 e. The van der Waals surface area contributed by atoms with E-state index >= 15 is 0 Å². The summed E-state index contributed by atoms with van der Waals surface area (Å²) in [5, 5.41) is 26.8. The fraction of sp³-hybridized carbons (Fsp3) is 0.364. The molecule has 1 rings (SSSR count). The van der Waals surface area contributed by atoms with Crippen molar-refractivity contribution in [2.75, 3.05) is 12.3 Å². The molecule has 122 valence electrons. The Morgan fingerprint density at radius 3 is 2.64 bits per heavy atom. The predicted molar refractivity (Wildman–Crippen MR) is 72.5 cm³/mol. The highest BCUT2D eigenvalue weighted by molar-refractivity contribution is 6.27. The molecule has 2 atom stereocenters. The molecule has 0 aliphatic carbocycles. The van der Waals surface area contributed by atoms with Gasteiger partial charge < -0.3 is 21.1 Å². The Morgan fingerprint density at radius 1 is 1.55 bits per heavy atom. The molecule has 1 heterocycles. The molecule has 0 saturated heterocycles. The SMILES string of the molecule is Nc1nc(=O)n(C(=O)C(F)(F)[C@H](O)[C@H](O)CO)cc1/C=C/Cl. The number of aliphatic hydroxyl groups is 3. The average Bonchev–Trinajstić information content (AvgIpc) is 2.47. The molecule has 0 amide bonds. The Bertz CT molecular complexity index is 649. The smallest absolute Gasteiger partial charge is 0.356 e. The van der Waals surface area contributed by atoms with Crippen molar-refractivity contribution in [3.8, 4) is 0 Å². The van der Waals surface area contributed by atoms with E-state index in [0.29, 0.717) is 6.20 Å². The van der Waals surface area contributed by atoms with Crippen LogP contribution in [-0.4, -0.2) is 55.5 Å². The number of hydrogen-bond acceptors (Lipinski definition) is 7. The lowest BCUT2D eigenvalue weighted by molar-refractivity contribution is -0.136. The molecule has 8 nitrogen and oxygen atoms in total. The fourth-order valence-corrected chi connectivity index (χ4v) is 1.59. The van der Waals surface area contributed by atoms with Crippen LogP contribution in [0.1, 0.15) is 10.4 Å². The molecule has 0 fully saturated rings. The van der Waals surface area contributed by atoms with Gasteiger partial charge in [-0.05, 0) is 6.08 Å². The molecule has 0 spiro atoms. The topological polar surface area (TPSA) is 139 Å².